The molecule has 4 rings (SSSR count). The van der Waals surface area contributed by atoms with Crippen molar-refractivity contribution in [3.63, 3.8) is 0 Å². The normalized spacial score (nSPS) is 21.4. The van der Waals surface area contributed by atoms with E-state index in [1.807, 2.05) is 18.2 Å². The minimum absolute atomic E-state index is 0.105. The van der Waals surface area contributed by atoms with Gasteiger partial charge in [-0.2, -0.15) is 0 Å². The number of hydrogen-bond acceptors (Lipinski definition) is 4. The molecule has 3 heterocycles. The van der Waals surface area contributed by atoms with Crippen LogP contribution in [0.2, 0.25) is 0 Å². The fourth-order valence-electron chi connectivity index (χ4n) is 4.77. The number of benzene rings is 1. The molecule has 1 atom stereocenters. The quantitative estimate of drug-likeness (QED) is 0.799. The minimum atomic E-state index is 0.105. The molecule has 2 saturated heterocycles. The Kier molecular flexibility index (Phi) is 7.13. The van der Waals surface area contributed by atoms with E-state index in [0.717, 1.165) is 51.3 Å². The molecule has 0 radical (unpaired) electrons. The number of aromatic nitrogens is 1. The van der Waals surface area contributed by atoms with E-state index in [1.54, 1.807) is 6.20 Å². The summed E-state index contributed by atoms with van der Waals surface area (Å²) in [5.41, 5.74) is 3.64. The van der Waals surface area contributed by atoms with E-state index >= 15 is 0 Å². The summed E-state index contributed by atoms with van der Waals surface area (Å²) in [4.78, 5) is 22.2. The van der Waals surface area contributed by atoms with Gasteiger partial charge in [0, 0.05) is 25.3 Å². The zero-order valence-corrected chi connectivity index (χ0v) is 18.1. The Hall–Kier alpha value is -2.24. The third kappa shape index (κ3) is 5.67. The molecule has 0 spiro atoms. The van der Waals surface area contributed by atoms with Crippen LogP contribution in [-0.4, -0.2) is 52.9 Å². The molecular formula is C25H34N4O. The van der Waals surface area contributed by atoms with Gasteiger partial charge in [0.1, 0.15) is 0 Å². The van der Waals surface area contributed by atoms with Crippen LogP contribution in [0.4, 0.5) is 0 Å². The number of rotatable bonds is 6. The van der Waals surface area contributed by atoms with Crippen LogP contribution in [0.1, 0.15) is 42.5 Å². The number of pyridine rings is 1. The van der Waals surface area contributed by atoms with Crippen LogP contribution < -0.4 is 5.32 Å². The van der Waals surface area contributed by atoms with Crippen molar-refractivity contribution in [1.82, 2.24) is 20.1 Å². The Morgan fingerprint density at radius 2 is 1.87 bits per heavy atom. The molecule has 0 unspecified atom stereocenters. The molecule has 1 aromatic heterocycles. The summed E-state index contributed by atoms with van der Waals surface area (Å²) in [7, 11) is 0. The lowest BCUT2D eigenvalue weighted by atomic mass is 9.93. The van der Waals surface area contributed by atoms with Crippen molar-refractivity contribution in [1.29, 1.82) is 0 Å². The highest BCUT2D eigenvalue weighted by molar-refractivity contribution is 5.78. The van der Waals surface area contributed by atoms with Crippen LogP contribution in [0.3, 0.4) is 0 Å². The predicted molar refractivity (Wildman–Crippen MR) is 120 cm³/mol. The standard InChI is InChI=1S/C25H34N4O/c1-20-7-9-21(10-8-20)18-28-15-11-24(12-16-28)29-14-4-5-22(19-29)25(30)27-17-23-6-2-3-13-26-23/h2-3,6-10,13,22,24H,4-5,11-12,14-19H2,1H3,(H,27,30)/t22-/m0/s1. The minimum Gasteiger partial charge on any atom is -0.350 e. The second kappa shape index (κ2) is 10.2. The molecule has 1 amide bonds. The molecule has 5 heteroatoms. The second-order valence-electron chi connectivity index (χ2n) is 8.87. The van der Waals surface area contributed by atoms with E-state index in [0.29, 0.717) is 12.6 Å². The second-order valence-corrected chi connectivity index (χ2v) is 8.87. The van der Waals surface area contributed by atoms with Gasteiger partial charge in [0.2, 0.25) is 5.91 Å². The lowest BCUT2D eigenvalue weighted by Crippen LogP contribution is -2.50. The Morgan fingerprint density at radius 1 is 1.07 bits per heavy atom. The van der Waals surface area contributed by atoms with E-state index in [4.69, 9.17) is 0 Å². The van der Waals surface area contributed by atoms with Gasteiger partial charge >= 0.3 is 0 Å². The van der Waals surface area contributed by atoms with Gasteiger partial charge in [-0.25, -0.2) is 0 Å². The molecule has 2 aliphatic heterocycles. The number of hydrogen-bond donors (Lipinski definition) is 1. The Balaban J connectivity index is 1.23. The van der Waals surface area contributed by atoms with E-state index < -0.39 is 0 Å². The molecule has 1 aromatic carbocycles. The molecule has 5 nitrogen and oxygen atoms in total. The Bertz CT molecular complexity index is 800. The summed E-state index contributed by atoms with van der Waals surface area (Å²) in [6.07, 6.45) is 6.29. The maximum absolute atomic E-state index is 12.7. The summed E-state index contributed by atoms with van der Waals surface area (Å²) >= 11 is 0. The number of aryl methyl sites for hydroxylation is 1. The summed E-state index contributed by atoms with van der Waals surface area (Å²) in [6.45, 7) is 8.03. The van der Waals surface area contributed by atoms with Crippen LogP contribution in [0, 0.1) is 12.8 Å². The van der Waals surface area contributed by atoms with Crippen LogP contribution in [0.15, 0.2) is 48.7 Å². The van der Waals surface area contributed by atoms with Crippen molar-refractivity contribution < 1.29 is 4.79 Å². The maximum Gasteiger partial charge on any atom is 0.224 e. The van der Waals surface area contributed by atoms with E-state index in [1.165, 1.54) is 24.0 Å². The molecule has 0 saturated carbocycles. The number of piperidine rings is 2. The van der Waals surface area contributed by atoms with Gasteiger partial charge in [0.15, 0.2) is 0 Å². The summed E-state index contributed by atoms with van der Waals surface area (Å²) in [5.74, 6) is 0.287. The molecule has 2 aliphatic rings. The van der Waals surface area contributed by atoms with Gasteiger partial charge in [-0.15, -0.1) is 0 Å². The first kappa shape index (κ1) is 21.0. The summed E-state index contributed by atoms with van der Waals surface area (Å²) < 4.78 is 0. The highest BCUT2D eigenvalue weighted by atomic mass is 16.1. The first-order valence-electron chi connectivity index (χ1n) is 11.4. The zero-order valence-electron chi connectivity index (χ0n) is 18.1. The number of likely N-dealkylation sites (tertiary alicyclic amines) is 2. The average Bonchev–Trinajstić information content (AvgIpc) is 2.80. The number of carbonyl (C=O) groups excluding carboxylic acids is 1. The fraction of sp³-hybridized carbons (Fsp3) is 0.520. The van der Waals surface area contributed by atoms with Crippen LogP contribution in [0.25, 0.3) is 0 Å². The van der Waals surface area contributed by atoms with Crippen molar-refractivity contribution in [3.05, 3.63) is 65.5 Å². The van der Waals surface area contributed by atoms with Gasteiger partial charge in [-0.3, -0.25) is 19.6 Å². The molecule has 160 valence electrons. The van der Waals surface area contributed by atoms with Gasteiger partial charge in [0.05, 0.1) is 18.2 Å². The Labute approximate surface area is 180 Å². The predicted octanol–water partition coefficient (Wildman–Crippen LogP) is 3.38. The smallest absolute Gasteiger partial charge is 0.224 e. The van der Waals surface area contributed by atoms with Crippen LogP contribution in [-0.2, 0) is 17.9 Å². The summed E-state index contributed by atoms with van der Waals surface area (Å²) in [6, 6.07) is 15.3. The molecule has 0 bridgehead atoms. The van der Waals surface area contributed by atoms with Gasteiger partial charge in [-0.05, 0) is 69.9 Å². The molecule has 30 heavy (non-hydrogen) atoms. The highest BCUT2D eigenvalue weighted by Crippen LogP contribution is 2.25. The lowest BCUT2D eigenvalue weighted by Gasteiger charge is -2.42. The molecule has 2 fully saturated rings. The molecular weight excluding hydrogens is 372 g/mol. The van der Waals surface area contributed by atoms with Gasteiger partial charge in [0.25, 0.3) is 0 Å². The van der Waals surface area contributed by atoms with Gasteiger partial charge in [-0.1, -0.05) is 35.9 Å². The van der Waals surface area contributed by atoms with Gasteiger partial charge < -0.3 is 5.32 Å². The number of nitrogens with one attached hydrogen (secondary N) is 1. The topological polar surface area (TPSA) is 48.5 Å². The number of amides is 1. The highest BCUT2D eigenvalue weighted by Gasteiger charge is 2.31. The average molecular weight is 407 g/mol. The molecule has 1 N–H and O–H groups in total. The SMILES string of the molecule is Cc1ccc(CN2CCC(N3CCC[C@H](C(=O)NCc4ccccn4)C3)CC2)cc1. The number of carbonyl (C=O) groups is 1. The Morgan fingerprint density at radius 3 is 2.60 bits per heavy atom. The van der Waals surface area contributed by atoms with Crippen molar-refractivity contribution in [2.75, 3.05) is 26.2 Å². The molecule has 0 aliphatic carbocycles. The van der Waals surface area contributed by atoms with E-state index in [2.05, 4.69) is 51.3 Å². The zero-order chi connectivity index (χ0) is 20.8. The first-order chi connectivity index (χ1) is 14.7. The fourth-order valence-corrected chi connectivity index (χ4v) is 4.77. The number of nitrogens with zero attached hydrogens (tertiary/aromatic N) is 3. The van der Waals surface area contributed by atoms with Crippen molar-refractivity contribution in [2.24, 2.45) is 5.92 Å². The lowest BCUT2D eigenvalue weighted by molar-refractivity contribution is -0.127. The summed E-state index contributed by atoms with van der Waals surface area (Å²) in [5, 5.41) is 3.09. The van der Waals surface area contributed by atoms with E-state index in [9.17, 15) is 4.79 Å². The van der Waals surface area contributed by atoms with E-state index in [-0.39, 0.29) is 11.8 Å². The van der Waals surface area contributed by atoms with Crippen molar-refractivity contribution in [3.8, 4) is 0 Å². The van der Waals surface area contributed by atoms with Crippen LogP contribution >= 0.6 is 0 Å². The van der Waals surface area contributed by atoms with Crippen molar-refractivity contribution in [2.45, 2.75) is 51.7 Å². The third-order valence-electron chi connectivity index (χ3n) is 6.59. The first-order valence-corrected chi connectivity index (χ1v) is 11.4. The maximum atomic E-state index is 12.7. The monoisotopic (exact) mass is 406 g/mol. The van der Waals surface area contributed by atoms with Crippen molar-refractivity contribution >= 4 is 5.91 Å². The largest absolute Gasteiger partial charge is 0.350 e. The van der Waals surface area contributed by atoms with Crippen LogP contribution in [0.5, 0.6) is 0 Å². The third-order valence-corrected chi connectivity index (χ3v) is 6.59. The molecule has 2 aromatic rings.